The second-order valence-electron chi connectivity index (χ2n) is 5.58. The van der Waals surface area contributed by atoms with Crippen LogP contribution >= 0.6 is 0 Å². The number of morpholine rings is 1. The minimum atomic E-state index is -4.53. The number of pyridine rings is 1. The molecule has 10 heteroatoms. The molecule has 0 unspecified atom stereocenters. The Labute approximate surface area is 141 Å². The van der Waals surface area contributed by atoms with Crippen molar-refractivity contribution in [2.24, 2.45) is 0 Å². The average molecular weight is 355 g/mol. The van der Waals surface area contributed by atoms with Crippen molar-refractivity contribution in [2.45, 2.75) is 18.8 Å². The Morgan fingerprint density at radius 2 is 2.16 bits per heavy atom. The number of carbonyl (C=O) groups excluding carboxylic acids is 1. The number of halogens is 3. The Hall–Kier alpha value is -2.62. The molecule has 1 atom stereocenters. The van der Waals surface area contributed by atoms with E-state index in [4.69, 9.17) is 10.5 Å². The predicted octanol–water partition coefficient (Wildman–Crippen LogP) is 1.48. The van der Waals surface area contributed by atoms with Crippen LogP contribution in [0.1, 0.15) is 17.5 Å². The number of hydrogen-bond acceptors (Lipinski definition) is 5. The van der Waals surface area contributed by atoms with Gasteiger partial charge in [0.1, 0.15) is 18.5 Å². The minimum Gasteiger partial charge on any atom is -0.384 e. The zero-order chi connectivity index (χ0) is 18.0. The topological polar surface area (TPSA) is 86.3 Å². The van der Waals surface area contributed by atoms with E-state index in [1.54, 1.807) is 18.2 Å². The monoisotopic (exact) mass is 355 g/mol. The van der Waals surface area contributed by atoms with Gasteiger partial charge in [-0.2, -0.15) is 18.3 Å². The molecule has 0 aliphatic carbocycles. The first kappa shape index (κ1) is 17.2. The summed E-state index contributed by atoms with van der Waals surface area (Å²) >= 11 is 0. The highest BCUT2D eigenvalue weighted by atomic mass is 19.4. The Morgan fingerprint density at radius 3 is 2.84 bits per heavy atom. The van der Waals surface area contributed by atoms with Crippen molar-refractivity contribution >= 4 is 11.7 Å². The lowest BCUT2D eigenvalue weighted by atomic mass is 10.2. The van der Waals surface area contributed by atoms with E-state index in [1.165, 1.54) is 4.90 Å². The highest BCUT2D eigenvalue weighted by molar-refractivity contribution is 5.76. The third-order valence-corrected chi connectivity index (χ3v) is 3.77. The fourth-order valence-corrected chi connectivity index (χ4v) is 2.54. The summed E-state index contributed by atoms with van der Waals surface area (Å²) in [5.41, 5.74) is 5.23. The molecule has 0 aromatic carbocycles. The molecule has 0 bridgehead atoms. The molecule has 2 aromatic heterocycles. The normalized spacial score (nSPS) is 18.4. The third-order valence-electron chi connectivity index (χ3n) is 3.77. The van der Waals surface area contributed by atoms with Gasteiger partial charge in [-0.25, -0.2) is 4.98 Å². The van der Waals surface area contributed by atoms with Crippen molar-refractivity contribution in [2.75, 3.05) is 25.4 Å². The summed E-state index contributed by atoms with van der Waals surface area (Å²) in [5.74, 6) is 0.00907. The number of hydrogen-bond donors (Lipinski definition) is 1. The minimum absolute atomic E-state index is 0.253. The van der Waals surface area contributed by atoms with E-state index in [0.717, 1.165) is 16.9 Å². The van der Waals surface area contributed by atoms with E-state index in [2.05, 4.69) is 10.1 Å². The van der Waals surface area contributed by atoms with Gasteiger partial charge in [0.15, 0.2) is 5.69 Å². The fourth-order valence-electron chi connectivity index (χ4n) is 2.54. The van der Waals surface area contributed by atoms with Crippen LogP contribution in [0.5, 0.6) is 0 Å². The number of nitrogens with zero attached hydrogens (tertiary/aromatic N) is 4. The summed E-state index contributed by atoms with van der Waals surface area (Å²) in [6.45, 7) is 0.640. The molecule has 2 N–H and O–H groups in total. The molecule has 1 amide bonds. The van der Waals surface area contributed by atoms with Gasteiger partial charge in [-0.1, -0.05) is 6.07 Å². The Morgan fingerprint density at radius 1 is 1.36 bits per heavy atom. The summed E-state index contributed by atoms with van der Waals surface area (Å²) in [6, 6.07) is 5.97. The van der Waals surface area contributed by atoms with Gasteiger partial charge in [0, 0.05) is 12.7 Å². The number of ether oxygens (including phenoxy) is 1. The van der Waals surface area contributed by atoms with Crippen LogP contribution in [-0.4, -0.2) is 45.3 Å². The predicted molar refractivity (Wildman–Crippen MR) is 81.2 cm³/mol. The first-order chi connectivity index (χ1) is 11.8. The van der Waals surface area contributed by atoms with Crippen LogP contribution < -0.4 is 5.73 Å². The van der Waals surface area contributed by atoms with E-state index in [9.17, 15) is 18.0 Å². The molecule has 3 rings (SSSR count). The molecule has 1 aliphatic heterocycles. The van der Waals surface area contributed by atoms with Crippen molar-refractivity contribution in [3.8, 4) is 0 Å². The van der Waals surface area contributed by atoms with Gasteiger partial charge < -0.3 is 15.4 Å². The highest BCUT2D eigenvalue weighted by Crippen LogP contribution is 2.27. The Bertz CT molecular complexity index is 762. The zero-order valence-electron chi connectivity index (χ0n) is 13.1. The number of rotatable bonds is 3. The lowest BCUT2D eigenvalue weighted by molar-refractivity contribution is -0.143. The van der Waals surface area contributed by atoms with Crippen molar-refractivity contribution in [3.05, 3.63) is 41.9 Å². The molecule has 3 heterocycles. The molecule has 0 radical (unpaired) electrons. The van der Waals surface area contributed by atoms with Crippen LogP contribution in [0, 0.1) is 0 Å². The second kappa shape index (κ2) is 6.71. The van der Waals surface area contributed by atoms with Crippen LogP contribution in [0.3, 0.4) is 0 Å². The molecule has 1 aliphatic rings. The van der Waals surface area contributed by atoms with Gasteiger partial charge in [-0.3, -0.25) is 9.48 Å². The van der Waals surface area contributed by atoms with Gasteiger partial charge in [0.2, 0.25) is 5.91 Å². The standard InChI is InChI=1S/C15H16F3N5O2/c16-15(17,18)12-4-5-23(21-12)9-14(24)22-6-7-25-11(8-22)10-2-1-3-13(19)20-10/h1-5,11H,6-9H2,(H2,19,20)/t11-/m1/s1. The molecule has 25 heavy (non-hydrogen) atoms. The molecule has 134 valence electrons. The van der Waals surface area contributed by atoms with E-state index < -0.39 is 18.0 Å². The van der Waals surface area contributed by atoms with Crippen LogP contribution in [0.2, 0.25) is 0 Å². The average Bonchev–Trinajstić information content (AvgIpc) is 3.04. The van der Waals surface area contributed by atoms with Crippen LogP contribution in [0.25, 0.3) is 0 Å². The van der Waals surface area contributed by atoms with Crippen molar-refractivity contribution in [1.82, 2.24) is 19.7 Å². The van der Waals surface area contributed by atoms with Gasteiger partial charge in [-0.05, 0) is 18.2 Å². The van der Waals surface area contributed by atoms with Gasteiger partial charge >= 0.3 is 6.18 Å². The fraction of sp³-hybridized carbons (Fsp3) is 0.400. The zero-order valence-corrected chi connectivity index (χ0v) is 13.1. The molecule has 1 saturated heterocycles. The summed E-state index contributed by atoms with van der Waals surface area (Å²) in [5, 5.41) is 3.39. The van der Waals surface area contributed by atoms with Crippen LogP contribution in [0.4, 0.5) is 19.0 Å². The number of anilines is 1. The van der Waals surface area contributed by atoms with E-state index in [0.29, 0.717) is 24.7 Å². The second-order valence-corrected chi connectivity index (χ2v) is 5.58. The molecule has 0 spiro atoms. The molecular formula is C15H16F3N5O2. The largest absolute Gasteiger partial charge is 0.435 e. The first-order valence-corrected chi connectivity index (χ1v) is 7.55. The van der Waals surface area contributed by atoms with Crippen molar-refractivity contribution < 1.29 is 22.7 Å². The Balaban J connectivity index is 1.65. The molecular weight excluding hydrogens is 339 g/mol. The van der Waals surface area contributed by atoms with Crippen LogP contribution in [0.15, 0.2) is 30.5 Å². The quantitative estimate of drug-likeness (QED) is 0.901. The lowest BCUT2D eigenvalue weighted by Crippen LogP contribution is -2.44. The van der Waals surface area contributed by atoms with Crippen LogP contribution in [-0.2, 0) is 22.3 Å². The number of carbonyl (C=O) groups is 1. The third kappa shape index (κ3) is 4.08. The van der Waals surface area contributed by atoms with Gasteiger partial charge in [-0.15, -0.1) is 0 Å². The number of nitrogen functional groups attached to an aromatic ring is 1. The van der Waals surface area contributed by atoms with E-state index in [1.807, 2.05) is 0 Å². The maximum atomic E-state index is 12.6. The molecule has 1 fully saturated rings. The van der Waals surface area contributed by atoms with E-state index >= 15 is 0 Å². The molecule has 7 nitrogen and oxygen atoms in total. The lowest BCUT2D eigenvalue weighted by Gasteiger charge is -2.32. The maximum Gasteiger partial charge on any atom is 0.435 e. The first-order valence-electron chi connectivity index (χ1n) is 7.55. The highest BCUT2D eigenvalue weighted by Gasteiger charge is 2.34. The number of amides is 1. The maximum absolute atomic E-state index is 12.6. The van der Waals surface area contributed by atoms with Gasteiger partial charge in [0.05, 0.1) is 18.8 Å². The number of alkyl halides is 3. The van der Waals surface area contributed by atoms with Gasteiger partial charge in [0.25, 0.3) is 0 Å². The summed E-state index contributed by atoms with van der Waals surface area (Å²) in [6.07, 6.45) is -3.82. The van der Waals surface area contributed by atoms with Crippen molar-refractivity contribution in [3.63, 3.8) is 0 Å². The molecule has 0 saturated carbocycles. The van der Waals surface area contributed by atoms with E-state index in [-0.39, 0.29) is 19.0 Å². The molecule has 2 aromatic rings. The smallest absolute Gasteiger partial charge is 0.384 e. The number of nitrogens with two attached hydrogens (primary N) is 1. The summed E-state index contributed by atoms with van der Waals surface area (Å²) in [4.78, 5) is 18.1. The number of aromatic nitrogens is 3. The van der Waals surface area contributed by atoms with Crippen molar-refractivity contribution in [1.29, 1.82) is 0 Å². The summed E-state index contributed by atoms with van der Waals surface area (Å²) in [7, 11) is 0. The SMILES string of the molecule is Nc1cccc([C@H]2CN(C(=O)Cn3ccc(C(F)(F)F)n3)CCO2)n1. The Kier molecular flexibility index (Phi) is 4.62. The summed E-state index contributed by atoms with van der Waals surface area (Å²) < 4.78 is 44.3.